The monoisotopic (exact) mass is 276 g/mol. The first-order valence-electron chi connectivity index (χ1n) is 6.73. The second kappa shape index (κ2) is 7.74. The van der Waals surface area contributed by atoms with Crippen LogP contribution in [0.4, 0.5) is 0 Å². The van der Waals surface area contributed by atoms with Crippen LogP contribution < -0.4 is 0 Å². The van der Waals surface area contributed by atoms with Gasteiger partial charge in [0.05, 0.1) is 18.8 Å². The number of rotatable bonds is 8. The Hall–Kier alpha value is -1.76. The minimum absolute atomic E-state index is 0.0881. The maximum absolute atomic E-state index is 9.05. The third kappa shape index (κ3) is 4.12. The molecule has 1 aromatic carbocycles. The summed E-state index contributed by atoms with van der Waals surface area (Å²) in [5.74, 6) is 0.709. The molecule has 0 bridgehead atoms. The summed E-state index contributed by atoms with van der Waals surface area (Å²) in [5.41, 5.74) is 0.968. The van der Waals surface area contributed by atoms with E-state index < -0.39 is 0 Å². The summed E-state index contributed by atoms with van der Waals surface area (Å²) in [5, 5.41) is 22.4. The van der Waals surface area contributed by atoms with Crippen molar-refractivity contribution in [3.8, 4) is 5.69 Å². The highest BCUT2D eigenvalue weighted by molar-refractivity contribution is 5.29. The fourth-order valence-electron chi connectivity index (χ4n) is 1.98. The van der Waals surface area contributed by atoms with Gasteiger partial charge < -0.3 is 10.2 Å². The van der Waals surface area contributed by atoms with Gasteiger partial charge in [0.2, 0.25) is 0 Å². The average molecular weight is 276 g/mol. The molecule has 6 heteroatoms. The molecule has 6 nitrogen and oxygen atoms in total. The lowest BCUT2D eigenvalue weighted by Gasteiger charge is -2.18. The van der Waals surface area contributed by atoms with Crippen molar-refractivity contribution < 1.29 is 10.2 Å². The number of hydrogen-bond donors (Lipinski definition) is 2. The largest absolute Gasteiger partial charge is 0.396 e. The van der Waals surface area contributed by atoms with Gasteiger partial charge in [0, 0.05) is 19.7 Å². The maximum atomic E-state index is 9.05. The topological polar surface area (TPSA) is 74.4 Å². The molecule has 0 aliphatic heterocycles. The van der Waals surface area contributed by atoms with E-state index in [1.54, 1.807) is 11.0 Å². The average Bonchev–Trinajstić information content (AvgIpc) is 2.94. The first kappa shape index (κ1) is 14.6. The molecule has 20 heavy (non-hydrogen) atoms. The number of hydrogen-bond acceptors (Lipinski definition) is 5. The van der Waals surface area contributed by atoms with Gasteiger partial charge in [-0.05, 0) is 18.6 Å². The van der Waals surface area contributed by atoms with E-state index in [0.717, 1.165) is 12.2 Å². The normalized spacial score (nSPS) is 11.2. The molecular formula is C14H20N4O2. The summed E-state index contributed by atoms with van der Waals surface area (Å²) in [4.78, 5) is 6.32. The predicted octanol–water partition coefficient (Wildman–Crippen LogP) is 0.444. The molecule has 108 valence electrons. The van der Waals surface area contributed by atoms with E-state index in [9.17, 15) is 0 Å². The molecule has 0 saturated heterocycles. The molecule has 0 atom stereocenters. The zero-order valence-electron chi connectivity index (χ0n) is 11.4. The molecule has 2 aromatic rings. The lowest BCUT2D eigenvalue weighted by atomic mass is 10.3. The number of benzene rings is 1. The van der Waals surface area contributed by atoms with Crippen LogP contribution in [0.25, 0.3) is 5.69 Å². The molecule has 0 unspecified atom stereocenters. The summed E-state index contributed by atoms with van der Waals surface area (Å²) >= 11 is 0. The number of aliphatic hydroxyl groups is 2. The third-order valence-electron chi connectivity index (χ3n) is 2.97. The first-order chi connectivity index (χ1) is 9.83. The quantitative estimate of drug-likeness (QED) is 0.732. The van der Waals surface area contributed by atoms with Crippen LogP contribution in [0, 0.1) is 0 Å². The lowest BCUT2D eigenvalue weighted by Crippen LogP contribution is -2.28. The maximum Gasteiger partial charge on any atom is 0.164 e. The van der Waals surface area contributed by atoms with E-state index in [2.05, 4.69) is 10.1 Å². The molecule has 0 radical (unpaired) electrons. The Morgan fingerprint density at radius 1 is 1.05 bits per heavy atom. The molecule has 2 N–H and O–H groups in total. The van der Waals surface area contributed by atoms with Gasteiger partial charge in [0.1, 0.15) is 6.33 Å². The number of nitrogens with zero attached hydrogens (tertiary/aromatic N) is 4. The standard InChI is InChI=1S/C14H20N4O2/c19-9-4-7-17(8-10-20)11-14-15-12-18(16-14)13-5-2-1-3-6-13/h1-3,5-6,12,19-20H,4,7-11H2. The highest BCUT2D eigenvalue weighted by atomic mass is 16.3. The molecule has 0 saturated carbocycles. The van der Waals surface area contributed by atoms with Crippen molar-refractivity contribution in [2.75, 3.05) is 26.3 Å². The third-order valence-corrected chi connectivity index (χ3v) is 2.97. The lowest BCUT2D eigenvalue weighted by molar-refractivity contribution is 0.171. The van der Waals surface area contributed by atoms with Crippen LogP contribution in [0.2, 0.25) is 0 Å². The molecule has 0 aliphatic rings. The van der Waals surface area contributed by atoms with Crippen LogP contribution >= 0.6 is 0 Å². The van der Waals surface area contributed by atoms with Gasteiger partial charge in [-0.15, -0.1) is 5.10 Å². The van der Waals surface area contributed by atoms with Crippen molar-refractivity contribution in [1.29, 1.82) is 0 Å². The number of para-hydroxylation sites is 1. The van der Waals surface area contributed by atoms with E-state index in [1.807, 2.05) is 35.2 Å². The van der Waals surface area contributed by atoms with Gasteiger partial charge in [-0.25, -0.2) is 9.67 Å². The van der Waals surface area contributed by atoms with Crippen LogP contribution in [0.3, 0.4) is 0 Å². The minimum atomic E-state index is 0.0881. The van der Waals surface area contributed by atoms with Crippen LogP contribution in [-0.2, 0) is 6.54 Å². The van der Waals surface area contributed by atoms with Crippen LogP contribution in [0.15, 0.2) is 36.7 Å². The van der Waals surface area contributed by atoms with Crippen LogP contribution in [0.5, 0.6) is 0 Å². The van der Waals surface area contributed by atoms with Crippen molar-refractivity contribution in [2.24, 2.45) is 0 Å². The Kier molecular flexibility index (Phi) is 5.67. The summed E-state index contributed by atoms with van der Waals surface area (Å²) in [6, 6.07) is 9.80. The zero-order chi connectivity index (χ0) is 14.2. The Labute approximate surface area is 118 Å². The number of aliphatic hydroxyl groups excluding tert-OH is 2. The Balaban J connectivity index is 2.00. The van der Waals surface area contributed by atoms with Crippen molar-refractivity contribution in [2.45, 2.75) is 13.0 Å². The summed E-state index contributed by atoms with van der Waals surface area (Å²) in [6.45, 7) is 2.08. The number of aromatic nitrogens is 3. The van der Waals surface area contributed by atoms with E-state index in [-0.39, 0.29) is 13.2 Å². The molecule has 0 amide bonds. The van der Waals surface area contributed by atoms with Gasteiger partial charge in [0.25, 0.3) is 0 Å². The van der Waals surface area contributed by atoms with Crippen LogP contribution in [0.1, 0.15) is 12.2 Å². The SMILES string of the molecule is OCCCN(CCO)Cc1ncn(-c2ccccc2)n1. The molecule has 1 heterocycles. The van der Waals surface area contributed by atoms with Crippen molar-refractivity contribution in [1.82, 2.24) is 19.7 Å². The van der Waals surface area contributed by atoms with Gasteiger partial charge in [-0.3, -0.25) is 4.90 Å². The Morgan fingerprint density at radius 2 is 1.85 bits per heavy atom. The van der Waals surface area contributed by atoms with Crippen molar-refractivity contribution >= 4 is 0 Å². The van der Waals surface area contributed by atoms with Crippen molar-refractivity contribution in [3.63, 3.8) is 0 Å². The van der Waals surface area contributed by atoms with E-state index in [4.69, 9.17) is 10.2 Å². The van der Waals surface area contributed by atoms with Gasteiger partial charge >= 0.3 is 0 Å². The minimum Gasteiger partial charge on any atom is -0.396 e. The second-order valence-corrected chi connectivity index (χ2v) is 4.52. The summed E-state index contributed by atoms with van der Waals surface area (Å²) in [6.07, 6.45) is 2.37. The highest BCUT2D eigenvalue weighted by Crippen LogP contribution is 2.06. The van der Waals surface area contributed by atoms with Gasteiger partial charge in [-0.2, -0.15) is 0 Å². The summed E-state index contributed by atoms with van der Waals surface area (Å²) in [7, 11) is 0. The van der Waals surface area contributed by atoms with Gasteiger partial charge in [0.15, 0.2) is 5.82 Å². The second-order valence-electron chi connectivity index (χ2n) is 4.52. The molecule has 0 fully saturated rings. The van der Waals surface area contributed by atoms with Gasteiger partial charge in [-0.1, -0.05) is 18.2 Å². The first-order valence-corrected chi connectivity index (χ1v) is 6.73. The van der Waals surface area contributed by atoms with E-state index in [1.165, 1.54) is 0 Å². The smallest absolute Gasteiger partial charge is 0.164 e. The predicted molar refractivity (Wildman–Crippen MR) is 75.4 cm³/mol. The molecule has 1 aromatic heterocycles. The fraction of sp³-hybridized carbons (Fsp3) is 0.429. The van der Waals surface area contributed by atoms with Crippen LogP contribution in [-0.4, -0.2) is 56.2 Å². The Bertz CT molecular complexity index is 501. The molecule has 0 spiro atoms. The molecular weight excluding hydrogens is 256 g/mol. The fourth-order valence-corrected chi connectivity index (χ4v) is 1.98. The Morgan fingerprint density at radius 3 is 2.55 bits per heavy atom. The molecule has 2 rings (SSSR count). The van der Waals surface area contributed by atoms with E-state index >= 15 is 0 Å². The summed E-state index contributed by atoms with van der Waals surface area (Å²) < 4.78 is 1.73. The zero-order valence-corrected chi connectivity index (χ0v) is 11.4. The van der Waals surface area contributed by atoms with E-state index in [0.29, 0.717) is 25.3 Å². The van der Waals surface area contributed by atoms with Crippen molar-refractivity contribution in [3.05, 3.63) is 42.5 Å². The molecule has 0 aliphatic carbocycles. The highest BCUT2D eigenvalue weighted by Gasteiger charge is 2.09.